The number of nitrogens with zero attached hydrogens (tertiary/aromatic N) is 1. The number of rotatable bonds is 6. The van der Waals surface area contributed by atoms with Gasteiger partial charge in [-0.3, -0.25) is 0 Å². The first-order valence-corrected chi connectivity index (χ1v) is 8.25. The molecule has 1 saturated heterocycles. The first-order valence-electron chi connectivity index (χ1n) is 8.25. The summed E-state index contributed by atoms with van der Waals surface area (Å²) in [6.07, 6.45) is 2.10. The van der Waals surface area contributed by atoms with E-state index in [9.17, 15) is 13.6 Å². The van der Waals surface area contributed by atoms with E-state index in [1.54, 1.807) is 23.1 Å². The Labute approximate surface area is 140 Å². The number of hydrogen-bond donors (Lipinski definition) is 2. The highest BCUT2D eigenvalue weighted by Crippen LogP contribution is 2.29. The molecule has 7 heteroatoms. The van der Waals surface area contributed by atoms with Gasteiger partial charge in [0.2, 0.25) is 0 Å². The zero-order valence-corrected chi connectivity index (χ0v) is 13.8. The molecule has 1 aromatic rings. The van der Waals surface area contributed by atoms with Crippen LogP contribution in [0.25, 0.3) is 0 Å². The average Bonchev–Trinajstić information content (AvgIpc) is 2.59. The third-order valence-electron chi connectivity index (χ3n) is 4.38. The molecular weight excluding hydrogens is 318 g/mol. The van der Waals surface area contributed by atoms with Gasteiger partial charge in [-0.15, -0.1) is 0 Å². The highest BCUT2D eigenvalue weighted by atomic mass is 19.3. The number of alkyl halides is 2. The van der Waals surface area contributed by atoms with E-state index < -0.39 is 12.7 Å². The molecule has 2 amide bonds. The minimum absolute atomic E-state index is 0.0821. The van der Waals surface area contributed by atoms with Crippen LogP contribution in [-0.2, 0) is 0 Å². The van der Waals surface area contributed by atoms with Gasteiger partial charge in [-0.1, -0.05) is 25.1 Å². The highest BCUT2D eigenvalue weighted by molar-refractivity contribution is 5.75. The zero-order valence-electron chi connectivity index (χ0n) is 13.8. The van der Waals surface area contributed by atoms with Gasteiger partial charge in [0.1, 0.15) is 5.75 Å². The molecule has 0 aromatic heterocycles. The lowest BCUT2D eigenvalue weighted by Gasteiger charge is -2.32. The number of urea groups is 1. The summed E-state index contributed by atoms with van der Waals surface area (Å²) < 4.78 is 29.7. The number of carbonyl (C=O) groups is 1. The van der Waals surface area contributed by atoms with E-state index in [0.717, 1.165) is 12.8 Å². The summed E-state index contributed by atoms with van der Waals surface area (Å²) in [4.78, 5) is 14.1. The number of piperidine rings is 1. The van der Waals surface area contributed by atoms with Crippen molar-refractivity contribution >= 4 is 6.03 Å². The molecule has 0 spiro atoms. The van der Waals surface area contributed by atoms with E-state index in [4.69, 9.17) is 5.11 Å². The van der Waals surface area contributed by atoms with Crippen molar-refractivity contribution in [1.29, 1.82) is 0 Å². The van der Waals surface area contributed by atoms with Gasteiger partial charge in [0.15, 0.2) is 0 Å². The second-order valence-corrected chi connectivity index (χ2v) is 5.94. The third-order valence-corrected chi connectivity index (χ3v) is 4.38. The smallest absolute Gasteiger partial charge is 0.387 e. The Kier molecular flexibility index (Phi) is 6.78. The van der Waals surface area contributed by atoms with Gasteiger partial charge in [-0.2, -0.15) is 8.78 Å². The minimum Gasteiger partial charge on any atom is -0.434 e. The fourth-order valence-electron chi connectivity index (χ4n) is 2.93. The van der Waals surface area contributed by atoms with E-state index in [-0.39, 0.29) is 24.3 Å². The van der Waals surface area contributed by atoms with Crippen LogP contribution in [0.15, 0.2) is 24.3 Å². The summed E-state index contributed by atoms with van der Waals surface area (Å²) in [6, 6.07) is 5.89. The number of likely N-dealkylation sites (tertiary alicyclic amines) is 1. The first-order chi connectivity index (χ1) is 11.5. The summed E-state index contributed by atoms with van der Waals surface area (Å²) in [5.74, 6) is 0.329. The minimum atomic E-state index is -2.91. The maximum Gasteiger partial charge on any atom is 0.387 e. The molecule has 1 aromatic carbocycles. The number of hydrogen-bond acceptors (Lipinski definition) is 3. The van der Waals surface area contributed by atoms with Crippen molar-refractivity contribution in [3.63, 3.8) is 0 Å². The van der Waals surface area contributed by atoms with Crippen LogP contribution in [-0.4, -0.2) is 42.3 Å². The number of ether oxygens (including phenoxy) is 1. The summed E-state index contributed by atoms with van der Waals surface area (Å²) in [6.45, 7) is 0.288. The monoisotopic (exact) mass is 342 g/mol. The maximum atomic E-state index is 12.6. The van der Waals surface area contributed by atoms with Crippen molar-refractivity contribution in [3.8, 4) is 5.75 Å². The summed E-state index contributed by atoms with van der Waals surface area (Å²) in [5.41, 5.74) is 0.541. The molecule has 2 rings (SSSR count). The molecule has 5 nitrogen and oxygen atoms in total. The van der Waals surface area contributed by atoms with Crippen LogP contribution in [0.3, 0.4) is 0 Å². The Morgan fingerprint density at radius 1 is 1.38 bits per heavy atom. The molecule has 0 bridgehead atoms. The van der Waals surface area contributed by atoms with Gasteiger partial charge in [-0.05, 0) is 31.2 Å². The standard InChI is InChI=1S/C17H24F2N2O3/c1-2-14(13-5-3-4-6-15(13)24-16(18)19)20-17(23)21-9-7-12(11-22)8-10-21/h3-6,12,14,16,22H,2,7-11H2,1H3,(H,20,23). The predicted octanol–water partition coefficient (Wildman–Crippen LogP) is 3.15. The first kappa shape index (κ1) is 18.4. The van der Waals surface area contributed by atoms with Crippen LogP contribution in [0.1, 0.15) is 37.8 Å². The molecule has 1 atom stereocenters. The number of nitrogens with one attached hydrogen (secondary N) is 1. The van der Waals surface area contributed by atoms with E-state index >= 15 is 0 Å². The fourth-order valence-corrected chi connectivity index (χ4v) is 2.93. The normalized spacial score (nSPS) is 17.0. The number of aliphatic hydroxyl groups is 1. The summed E-state index contributed by atoms with van der Waals surface area (Å²) in [5, 5.41) is 12.1. The quantitative estimate of drug-likeness (QED) is 0.835. The molecule has 2 N–H and O–H groups in total. The fraction of sp³-hybridized carbons (Fsp3) is 0.588. The molecule has 1 unspecified atom stereocenters. The van der Waals surface area contributed by atoms with Gasteiger partial charge in [0, 0.05) is 25.3 Å². The van der Waals surface area contributed by atoms with Crippen LogP contribution in [0.2, 0.25) is 0 Å². The summed E-state index contributed by atoms with van der Waals surface area (Å²) in [7, 11) is 0. The van der Waals surface area contributed by atoms with Crippen LogP contribution < -0.4 is 10.1 Å². The molecule has 1 heterocycles. The van der Waals surface area contributed by atoms with Crippen molar-refractivity contribution < 1.29 is 23.4 Å². The average molecular weight is 342 g/mol. The van der Waals surface area contributed by atoms with Crippen molar-refractivity contribution in [2.24, 2.45) is 5.92 Å². The molecule has 1 aliphatic heterocycles. The van der Waals surface area contributed by atoms with Crippen LogP contribution >= 0.6 is 0 Å². The lowest BCUT2D eigenvalue weighted by atomic mass is 9.98. The Morgan fingerprint density at radius 3 is 2.62 bits per heavy atom. The molecular formula is C17H24F2N2O3. The highest BCUT2D eigenvalue weighted by Gasteiger charge is 2.25. The van der Waals surface area contributed by atoms with Crippen LogP contribution in [0.5, 0.6) is 5.75 Å². The SMILES string of the molecule is CCC(NC(=O)N1CCC(CO)CC1)c1ccccc1OC(F)F. The lowest BCUT2D eigenvalue weighted by molar-refractivity contribution is -0.0507. The van der Waals surface area contributed by atoms with Crippen molar-refractivity contribution in [2.75, 3.05) is 19.7 Å². The maximum absolute atomic E-state index is 12.6. The summed E-state index contributed by atoms with van der Waals surface area (Å²) >= 11 is 0. The molecule has 0 saturated carbocycles. The van der Waals surface area contributed by atoms with Crippen molar-refractivity contribution in [3.05, 3.63) is 29.8 Å². The second-order valence-electron chi connectivity index (χ2n) is 5.94. The Hall–Kier alpha value is -1.89. The molecule has 24 heavy (non-hydrogen) atoms. The van der Waals surface area contributed by atoms with E-state index in [0.29, 0.717) is 25.1 Å². The molecule has 1 aliphatic rings. The largest absolute Gasteiger partial charge is 0.434 e. The van der Waals surface area contributed by atoms with E-state index in [2.05, 4.69) is 10.1 Å². The molecule has 134 valence electrons. The Bertz CT molecular complexity index is 534. The molecule has 0 radical (unpaired) electrons. The van der Waals surface area contributed by atoms with Gasteiger partial charge >= 0.3 is 12.6 Å². The number of benzene rings is 1. The number of halogens is 2. The zero-order chi connectivity index (χ0) is 17.5. The Morgan fingerprint density at radius 2 is 2.04 bits per heavy atom. The second kappa shape index (κ2) is 8.82. The van der Waals surface area contributed by atoms with Crippen LogP contribution in [0.4, 0.5) is 13.6 Å². The molecule has 0 aliphatic carbocycles. The van der Waals surface area contributed by atoms with Crippen molar-refractivity contribution in [1.82, 2.24) is 10.2 Å². The Balaban J connectivity index is 2.03. The van der Waals surface area contributed by atoms with Gasteiger partial charge < -0.3 is 20.1 Å². The molecule has 1 fully saturated rings. The van der Waals surface area contributed by atoms with Crippen molar-refractivity contribution in [2.45, 2.75) is 38.8 Å². The van der Waals surface area contributed by atoms with Crippen LogP contribution in [0, 0.1) is 5.92 Å². The number of carbonyl (C=O) groups excluding carboxylic acids is 1. The number of amides is 2. The third kappa shape index (κ3) is 4.80. The van der Waals surface area contributed by atoms with E-state index in [1.807, 2.05) is 6.92 Å². The van der Waals surface area contributed by atoms with Gasteiger partial charge in [0.25, 0.3) is 0 Å². The van der Waals surface area contributed by atoms with Gasteiger partial charge in [0.05, 0.1) is 6.04 Å². The number of para-hydroxylation sites is 1. The lowest BCUT2D eigenvalue weighted by Crippen LogP contribution is -2.45. The number of aliphatic hydroxyl groups excluding tert-OH is 1. The topological polar surface area (TPSA) is 61.8 Å². The predicted molar refractivity (Wildman–Crippen MR) is 86.0 cm³/mol. The van der Waals surface area contributed by atoms with E-state index in [1.165, 1.54) is 6.07 Å². The van der Waals surface area contributed by atoms with Gasteiger partial charge in [-0.25, -0.2) is 4.79 Å².